The Morgan fingerprint density at radius 3 is 1.04 bits per heavy atom. The molecule has 56 heavy (non-hydrogen) atoms. The lowest BCUT2D eigenvalue weighted by molar-refractivity contribution is 0.281. The number of nitrogens with one attached hydrogen (secondary N) is 2. The van der Waals surface area contributed by atoms with Gasteiger partial charge in [0.15, 0.2) is 11.1 Å². The molecular weight excluding hydrogens is 689 g/mol. The molecular formula is C50H38N4O2. The van der Waals surface area contributed by atoms with Crippen LogP contribution in [0.15, 0.2) is 204 Å². The second-order valence-electron chi connectivity index (χ2n) is 14.3. The SMILES string of the molecule is c1ccc(C2(c3ccccc3)COC(Nc3ccc4ccccc4c3-c3c(NC4=NC(c5ccccc5)(c5ccccc5)CO4)ccc4ccccc34)=N2)cc1. The van der Waals surface area contributed by atoms with Crippen molar-refractivity contribution in [2.45, 2.75) is 11.1 Å². The average Bonchev–Trinajstić information content (AvgIpc) is 3.91. The first-order valence-electron chi connectivity index (χ1n) is 19.0. The Balaban J connectivity index is 1.13. The molecule has 2 heterocycles. The predicted molar refractivity (Wildman–Crippen MR) is 228 cm³/mol. The molecule has 2 N–H and O–H groups in total. The highest BCUT2D eigenvalue weighted by Gasteiger charge is 2.42. The number of benzene rings is 8. The Morgan fingerprint density at radius 2 is 0.679 bits per heavy atom. The van der Waals surface area contributed by atoms with Crippen molar-refractivity contribution in [2.24, 2.45) is 9.98 Å². The van der Waals surface area contributed by atoms with E-state index in [0.29, 0.717) is 25.3 Å². The molecule has 0 saturated heterocycles. The van der Waals surface area contributed by atoms with Gasteiger partial charge in [0.05, 0.1) is 11.4 Å². The summed E-state index contributed by atoms with van der Waals surface area (Å²) in [7, 11) is 0. The van der Waals surface area contributed by atoms with Gasteiger partial charge in [-0.25, -0.2) is 9.98 Å². The number of hydrogen-bond acceptors (Lipinski definition) is 6. The first-order chi connectivity index (χ1) is 27.7. The van der Waals surface area contributed by atoms with Crippen LogP contribution in [-0.2, 0) is 20.6 Å². The van der Waals surface area contributed by atoms with Crippen molar-refractivity contribution in [1.82, 2.24) is 0 Å². The molecule has 0 unspecified atom stereocenters. The second-order valence-corrected chi connectivity index (χ2v) is 14.3. The van der Waals surface area contributed by atoms with E-state index in [9.17, 15) is 0 Å². The zero-order valence-corrected chi connectivity index (χ0v) is 30.6. The third-order valence-electron chi connectivity index (χ3n) is 11.0. The largest absolute Gasteiger partial charge is 0.462 e. The van der Waals surface area contributed by atoms with Gasteiger partial charge in [0, 0.05) is 11.1 Å². The van der Waals surface area contributed by atoms with Crippen LogP contribution >= 0.6 is 0 Å². The summed E-state index contributed by atoms with van der Waals surface area (Å²) in [5, 5.41) is 11.8. The number of anilines is 2. The van der Waals surface area contributed by atoms with Gasteiger partial charge in [-0.3, -0.25) is 0 Å². The Morgan fingerprint density at radius 1 is 0.357 bits per heavy atom. The van der Waals surface area contributed by atoms with Crippen LogP contribution in [0.4, 0.5) is 11.4 Å². The molecule has 0 saturated carbocycles. The molecule has 10 rings (SSSR count). The van der Waals surface area contributed by atoms with E-state index in [2.05, 4.69) is 180 Å². The van der Waals surface area contributed by atoms with Crippen molar-refractivity contribution >= 4 is 45.0 Å². The van der Waals surface area contributed by atoms with E-state index >= 15 is 0 Å². The first kappa shape index (κ1) is 33.4. The minimum Gasteiger partial charge on any atom is -0.462 e. The van der Waals surface area contributed by atoms with Crippen molar-refractivity contribution in [3.63, 3.8) is 0 Å². The summed E-state index contributed by atoms with van der Waals surface area (Å²) in [6.07, 6.45) is 0. The molecule has 0 radical (unpaired) electrons. The van der Waals surface area contributed by atoms with Gasteiger partial charge < -0.3 is 20.1 Å². The Kier molecular flexibility index (Phi) is 8.29. The molecule has 0 atom stereocenters. The zero-order valence-electron chi connectivity index (χ0n) is 30.6. The fraction of sp³-hybridized carbons (Fsp3) is 0.0800. The van der Waals surface area contributed by atoms with Crippen molar-refractivity contribution in [1.29, 1.82) is 0 Å². The van der Waals surface area contributed by atoms with Gasteiger partial charge in [-0.1, -0.05) is 182 Å². The zero-order chi connectivity index (χ0) is 37.4. The van der Waals surface area contributed by atoms with E-state index in [1.807, 2.05) is 24.3 Å². The molecule has 0 fully saturated rings. The van der Waals surface area contributed by atoms with Crippen molar-refractivity contribution < 1.29 is 9.47 Å². The van der Waals surface area contributed by atoms with Gasteiger partial charge >= 0.3 is 0 Å². The standard InChI is InChI=1S/C50H38N4O2/c1-5-19-37(20-6-1)49(38-21-7-2-8-22-38)33-55-47(53-49)51-43-31-29-35-17-13-15-27-41(35)45(43)46-42-28-16-14-18-36(42)30-32-44(46)52-48-54-50(34-56-48,39-23-9-3-10-24-39)40-25-11-4-12-26-40/h1-32H,33-34H2,(H,51,53)(H,52,54). The minimum atomic E-state index is -0.698. The van der Waals surface area contributed by atoms with Crippen molar-refractivity contribution in [3.8, 4) is 11.1 Å². The number of aliphatic imine (C=N–C) groups is 2. The summed E-state index contributed by atoms with van der Waals surface area (Å²) in [4.78, 5) is 10.7. The molecule has 0 amide bonds. The highest BCUT2D eigenvalue weighted by Crippen LogP contribution is 2.46. The first-order valence-corrected chi connectivity index (χ1v) is 19.0. The molecule has 0 bridgehead atoms. The minimum absolute atomic E-state index is 0.370. The Labute approximate surface area is 325 Å². The van der Waals surface area contributed by atoms with Crippen LogP contribution in [0.2, 0.25) is 0 Å². The number of ether oxygens (including phenoxy) is 2. The summed E-state index contributed by atoms with van der Waals surface area (Å²) >= 11 is 0. The number of fused-ring (bicyclic) bond motifs is 2. The van der Waals surface area contributed by atoms with E-state index in [-0.39, 0.29) is 0 Å². The van der Waals surface area contributed by atoms with Crippen LogP contribution in [0.3, 0.4) is 0 Å². The quantitative estimate of drug-likeness (QED) is 0.172. The van der Waals surface area contributed by atoms with Gasteiger partial charge in [-0.15, -0.1) is 0 Å². The molecule has 2 aliphatic rings. The fourth-order valence-corrected chi connectivity index (χ4v) is 8.25. The lowest BCUT2D eigenvalue weighted by Gasteiger charge is -2.25. The van der Waals surface area contributed by atoms with Crippen molar-refractivity contribution in [2.75, 3.05) is 23.8 Å². The molecule has 8 aromatic carbocycles. The maximum Gasteiger partial charge on any atom is 0.290 e. The topological polar surface area (TPSA) is 67.2 Å². The van der Waals surface area contributed by atoms with Crippen LogP contribution in [0.1, 0.15) is 22.3 Å². The normalized spacial score (nSPS) is 15.4. The van der Waals surface area contributed by atoms with Crippen LogP contribution in [-0.4, -0.2) is 25.3 Å². The molecule has 6 heteroatoms. The maximum absolute atomic E-state index is 6.50. The monoisotopic (exact) mass is 726 g/mol. The van der Waals surface area contributed by atoms with Crippen LogP contribution in [0.25, 0.3) is 32.7 Å². The second kappa shape index (κ2) is 13.9. The van der Waals surface area contributed by atoms with Crippen LogP contribution in [0, 0.1) is 0 Å². The molecule has 8 aromatic rings. The van der Waals surface area contributed by atoms with Gasteiger partial charge in [0.1, 0.15) is 13.2 Å². The van der Waals surface area contributed by atoms with Gasteiger partial charge in [-0.2, -0.15) is 0 Å². The molecule has 0 aliphatic carbocycles. The van der Waals surface area contributed by atoms with E-state index < -0.39 is 11.1 Å². The summed E-state index contributed by atoms with van der Waals surface area (Å²) in [6, 6.07) is 68.0. The van der Waals surface area contributed by atoms with E-state index in [1.54, 1.807) is 0 Å². The smallest absolute Gasteiger partial charge is 0.290 e. The van der Waals surface area contributed by atoms with E-state index in [0.717, 1.165) is 66.3 Å². The maximum atomic E-state index is 6.50. The molecule has 270 valence electrons. The molecule has 2 aliphatic heterocycles. The van der Waals surface area contributed by atoms with Gasteiger partial charge in [0.2, 0.25) is 0 Å². The van der Waals surface area contributed by atoms with Crippen LogP contribution in [0.5, 0.6) is 0 Å². The van der Waals surface area contributed by atoms with Crippen LogP contribution < -0.4 is 10.6 Å². The number of hydrogen-bond donors (Lipinski definition) is 2. The highest BCUT2D eigenvalue weighted by molar-refractivity contribution is 6.16. The molecule has 0 aromatic heterocycles. The number of nitrogens with zero attached hydrogens (tertiary/aromatic N) is 2. The fourth-order valence-electron chi connectivity index (χ4n) is 8.25. The molecule has 6 nitrogen and oxygen atoms in total. The third kappa shape index (κ3) is 5.74. The van der Waals surface area contributed by atoms with E-state index in [1.165, 1.54) is 0 Å². The van der Waals surface area contributed by atoms with Gasteiger partial charge in [0.25, 0.3) is 12.0 Å². The number of rotatable bonds is 7. The third-order valence-corrected chi connectivity index (χ3v) is 11.0. The predicted octanol–water partition coefficient (Wildman–Crippen LogP) is 11.1. The summed E-state index contributed by atoms with van der Waals surface area (Å²) in [5.41, 5.74) is 6.66. The summed E-state index contributed by atoms with van der Waals surface area (Å²) in [6.45, 7) is 0.740. The summed E-state index contributed by atoms with van der Waals surface area (Å²) in [5.74, 6) is 0. The van der Waals surface area contributed by atoms with Gasteiger partial charge in [-0.05, 0) is 55.9 Å². The lowest BCUT2D eigenvalue weighted by Crippen LogP contribution is -2.26. The number of amidine groups is 2. The molecule has 0 spiro atoms. The van der Waals surface area contributed by atoms with E-state index in [4.69, 9.17) is 19.5 Å². The lowest BCUT2D eigenvalue weighted by atomic mass is 9.84. The average molecular weight is 727 g/mol. The Bertz CT molecular complexity index is 2480. The highest BCUT2D eigenvalue weighted by atomic mass is 16.5. The summed E-state index contributed by atoms with van der Waals surface area (Å²) < 4.78 is 13.0. The van der Waals surface area contributed by atoms with Crippen molar-refractivity contribution in [3.05, 3.63) is 216 Å². The Hall–Kier alpha value is -7.18.